The summed E-state index contributed by atoms with van der Waals surface area (Å²) in [5, 5.41) is 13.2. The Bertz CT molecular complexity index is 389. The predicted molar refractivity (Wildman–Crippen MR) is 61.9 cm³/mol. The molecule has 2 rings (SSSR count). The van der Waals surface area contributed by atoms with E-state index in [2.05, 4.69) is 11.4 Å². The van der Waals surface area contributed by atoms with Crippen LogP contribution in [0, 0.1) is 11.3 Å². The van der Waals surface area contributed by atoms with Crippen molar-refractivity contribution in [1.82, 2.24) is 0 Å². The molecule has 0 radical (unpaired) electrons. The third-order valence-corrected chi connectivity index (χ3v) is 3.11. The van der Waals surface area contributed by atoms with Crippen molar-refractivity contribution in [3.05, 3.63) is 29.3 Å². The van der Waals surface area contributed by atoms with Gasteiger partial charge in [-0.3, -0.25) is 0 Å². The van der Waals surface area contributed by atoms with Crippen LogP contribution in [0.2, 0.25) is 5.02 Å². The van der Waals surface area contributed by atoms with Gasteiger partial charge in [0.05, 0.1) is 6.07 Å². The number of nitrogens with one attached hydrogen (secondary N) is 1. The molecule has 0 atom stereocenters. The lowest BCUT2D eigenvalue weighted by Gasteiger charge is -2.23. The molecule has 0 heterocycles. The smallest absolute Gasteiger partial charge is 0.125 e. The highest BCUT2D eigenvalue weighted by Gasteiger charge is 2.33. The summed E-state index contributed by atoms with van der Waals surface area (Å²) >= 11 is 5.90. The first kappa shape index (κ1) is 10.3. The minimum Gasteiger partial charge on any atom is -0.367 e. The second kappa shape index (κ2) is 4.12. The number of hydrogen-bond donors (Lipinski definition) is 1. The van der Waals surface area contributed by atoms with Crippen LogP contribution in [0.1, 0.15) is 25.7 Å². The predicted octanol–water partition coefficient (Wildman–Crippen LogP) is 3.59. The third kappa shape index (κ3) is 2.24. The van der Waals surface area contributed by atoms with Crippen LogP contribution in [0.25, 0.3) is 0 Å². The largest absolute Gasteiger partial charge is 0.367 e. The molecule has 1 saturated carbocycles. The van der Waals surface area contributed by atoms with E-state index in [0.717, 1.165) is 31.4 Å². The highest BCUT2D eigenvalue weighted by Crippen LogP contribution is 2.32. The number of nitrogens with zero attached hydrogens (tertiary/aromatic N) is 1. The Kier molecular flexibility index (Phi) is 2.83. The summed E-state index contributed by atoms with van der Waals surface area (Å²) in [5.74, 6) is 0. The highest BCUT2D eigenvalue weighted by atomic mass is 35.5. The van der Waals surface area contributed by atoms with Crippen molar-refractivity contribution in [2.75, 3.05) is 5.32 Å². The van der Waals surface area contributed by atoms with Crippen LogP contribution in [0.3, 0.4) is 0 Å². The number of hydrogen-bond acceptors (Lipinski definition) is 2. The molecule has 0 amide bonds. The van der Waals surface area contributed by atoms with Gasteiger partial charge in [-0.1, -0.05) is 17.7 Å². The van der Waals surface area contributed by atoms with Crippen LogP contribution < -0.4 is 5.32 Å². The number of anilines is 1. The Balaban J connectivity index is 2.17. The zero-order chi connectivity index (χ0) is 10.7. The summed E-state index contributed by atoms with van der Waals surface area (Å²) in [5.41, 5.74) is 0.566. The molecular formula is C12H13ClN2. The molecule has 3 heteroatoms. The van der Waals surface area contributed by atoms with Gasteiger partial charge in [-0.05, 0) is 43.9 Å². The minimum absolute atomic E-state index is 0.370. The molecule has 1 aliphatic carbocycles. The molecule has 0 aliphatic heterocycles. The Labute approximate surface area is 94.9 Å². The lowest BCUT2D eigenvalue weighted by molar-refractivity contribution is 0.613. The lowest BCUT2D eigenvalue weighted by Crippen LogP contribution is -2.32. The Morgan fingerprint density at radius 3 is 2.67 bits per heavy atom. The van der Waals surface area contributed by atoms with Crippen LogP contribution in [-0.2, 0) is 0 Å². The van der Waals surface area contributed by atoms with Crippen LogP contribution in [0.15, 0.2) is 24.3 Å². The maximum absolute atomic E-state index is 9.20. The van der Waals surface area contributed by atoms with Crippen LogP contribution in [0.5, 0.6) is 0 Å². The van der Waals surface area contributed by atoms with Gasteiger partial charge in [0.25, 0.3) is 0 Å². The Morgan fingerprint density at radius 1 is 1.33 bits per heavy atom. The molecule has 0 unspecified atom stereocenters. The van der Waals surface area contributed by atoms with Crippen LogP contribution >= 0.6 is 11.6 Å². The molecule has 1 aliphatic rings. The first-order valence-corrected chi connectivity index (χ1v) is 5.57. The van der Waals surface area contributed by atoms with E-state index in [-0.39, 0.29) is 5.54 Å². The van der Waals surface area contributed by atoms with Crippen LogP contribution in [0.4, 0.5) is 5.69 Å². The van der Waals surface area contributed by atoms with Gasteiger partial charge in [-0.15, -0.1) is 0 Å². The van der Waals surface area contributed by atoms with E-state index < -0.39 is 0 Å². The van der Waals surface area contributed by atoms with E-state index in [0.29, 0.717) is 5.02 Å². The molecule has 0 saturated heterocycles. The zero-order valence-corrected chi connectivity index (χ0v) is 9.22. The van der Waals surface area contributed by atoms with E-state index in [9.17, 15) is 5.26 Å². The molecule has 0 bridgehead atoms. The monoisotopic (exact) mass is 220 g/mol. The maximum atomic E-state index is 9.20. The molecule has 2 nitrogen and oxygen atoms in total. The third-order valence-electron chi connectivity index (χ3n) is 2.88. The molecule has 0 spiro atoms. The fourth-order valence-corrected chi connectivity index (χ4v) is 2.28. The normalized spacial score (nSPS) is 18.4. The molecule has 1 N–H and O–H groups in total. The molecule has 1 aromatic carbocycles. The van der Waals surface area contributed by atoms with E-state index in [4.69, 9.17) is 11.6 Å². The highest BCUT2D eigenvalue weighted by molar-refractivity contribution is 6.30. The molecule has 1 fully saturated rings. The molecule has 15 heavy (non-hydrogen) atoms. The topological polar surface area (TPSA) is 35.8 Å². The van der Waals surface area contributed by atoms with E-state index >= 15 is 0 Å². The number of benzene rings is 1. The fraction of sp³-hybridized carbons (Fsp3) is 0.417. The van der Waals surface area contributed by atoms with Crippen molar-refractivity contribution in [3.8, 4) is 6.07 Å². The van der Waals surface area contributed by atoms with Crippen molar-refractivity contribution in [2.45, 2.75) is 31.2 Å². The first-order valence-electron chi connectivity index (χ1n) is 5.19. The lowest BCUT2D eigenvalue weighted by atomic mass is 9.99. The number of nitriles is 1. The summed E-state index contributed by atoms with van der Waals surface area (Å²) in [7, 11) is 0. The standard InChI is InChI=1S/C12H13ClN2/c13-10-4-3-5-11(8-10)15-12(9-14)6-1-2-7-12/h3-5,8,15H,1-2,6-7H2. The molecule has 1 aromatic rings. The quantitative estimate of drug-likeness (QED) is 0.827. The first-order chi connectivity index (χ1) is 7.24. The summed E-state index contributed by atoms with van der Waals surface area (Å²) in [6.07, 6.45) is 4.11. The van der Waals surface area contributed by atoms with E-state index in [1.54, 1.807) is 0 Å². The summed E-state index contributed by atoms with van der Waals surface area (Å²) in [4.78, 5) is 0. The number of halogens is 1. The Hall–Kier alpha value is -1.20. The van der Waals surface area contributed by atoms with Gasteiger partial charge in [-0.2, -0.15) is 5.26 Å². The molecule has 0 aromatic heterocycles. The maximum Gasteiger partial charge on any atom is 0.125 e. The van der Waals surface area contributed by atoms with Gasteiger partial charge in [0.2, 0.25) is 0 Å². The van der Waals surface area contributed by atoms with Gasteiger partial charge in [0.1, 0.15) is 5.54 Å². The number of rotatable bonds is 2. The van der Waals surface area contributed by atoms with E-state index in [1.165, 1.54) is 0 Å². The summed E-state index contributed by atoms with van der Waals surface area (Å²) in [6, 6.07) is 9.93. The van der Waals surface area contributed by atoms with Gasteiger partial charge >= 0.3 is 0 Å². The van der Waals surface area contributed by atoms with Gasteiger partial charge in [0.15, 0.2) is 0 Å². The molecular weight excluding hydrogens is 208 g/mol. The van der Waals surface area contributed by atoms with Crippen molar-refractivity contribution >= 4 is 17.3 Å². The van der Waals surface area contributed by atoms with Crippen molar-refractivity contribution < 1.29 is 0 Å². The SMILES string of the molecule is N#CC1(Nc2cccc(Cl)c2)CCCC1. The molecule has 78 valence electrons. The van der Waals surface area contributed by atoms with Crippen molar-refractivity contribution in [3.63, 3.8) is 0 Å². The van der Waals surface area contributed by atoms with Gasteiger partial charge in [0, 0.05) is 10.7 Å². The van der Waals surface area contributed by atoms with E-state index in [1.807, 2.05) is 24.3 Å². The summed E-state index contributed by atoms with van der Waals surface area (Å²) in [6.45, 7) is 0. The minimum atomic E-state index is -0.370. The average Bonchev–Trinajstić information content (AvgIpc) is 2.67. The average molecular weight is 221 g/mol. The van der Waals surface area contributed by atoms with Crippen LogP contribution in [-0.4, -0.2) is 5.54 Å². The van der Waals surface area contributed by atoms with Gasteiger partial charge < -0.3 is 5.32 Å². The fourth-order valence-electron chi connectivity index (χ4n) is 2.09. The van der Waals surface area contributed by atoms with Crippen molar-refractivity contribution in [1.29, 1.82) is 5.26 Å². The Morgan fingerprint density at radius 2 is 2.07 bits per heavy atom. The second-order valence-corrected chi connectivity index (χ2v) is 4.47. The second-order valence-electron chi connectivity index (χ2n) is 4.04. The van der Waals surface area contributed by atoms with Gasteiger partial charge in [-0.25, -0.2) is 0 Å². The van der Waals surface area contributed by atoms with Crippen molar-refractivity contribution in [2.24, 2.45) is 0 Å². The zero-order valence-electron chi connectivity index (χ0n) is 8.46. The summed E-state index contributed by atoms with van der Waals surface area (Å²) < 4.78 is 0.